The molecule has 41 heavy (non-hydrogen) atoms. The Labute approximate surface area is 243 Å². The molecule has 12 heteroatoms. The number of carbonyl (C=O) groups is 1. The average molecular weight is 601 g/mol. The van der Waals surface area contributed by atoms with Crippen LogP contribution in [0.4, 0.5) is 14.5 Å². The van der Waals surface area contributed by atoms with Crippen LogP contribution in [0, 0.1) is 5.92 Å². The van der Waals surface area contributed by atoms with Crippen LogP contribution in [0.2, 0.25) is 10.0 Å². The molecule has 1 aromatic carbocycles. The van der Waals surface area contributed by atoms with Crippen LogP contribution in [0.15, 0.2) is 47.3 Å². The molecule has 6 rings (SSSR count). The second kappa shape index (κ2) is 11.3. The Morgan fingerprint density at radius 2 is 1.85 bits per heavy atom. The number of benzene rings is 1. The van der Waals surface area contributed by atoms with E-state index in [2.05, 4.69) is 36.9 Å². The van der Waals surface area contributed by atoms with Crippen LogP contribution in [0.1, 0.15) is 53.4 Å². The number of carboxylic acid groups (broad SMARTS) is 1. The smallest absolute Gasteiger partial charge is 0.387 e. The topological polar surface area (TPSA) is 102 Å². The molecule has 0 amide bonds. The fourth-order valence-corrected chi connectivity index (χ4v) is 5.74. The second-order valence-corrected chi connectivity index (χ2v) is 11.0. The number of nitrogens with zero attached hydrogens (tertiary/aromatic N) is 4. The molecule has 1 saturated carbocycles. The van der Waals surface area contributed by atoms with Crippen LogP contribution in [-0.2, 0) is 0 Å². The van der Waals surface area contributed by atoms with Crippen LogP contribution in [0.3, 0.4) is 0 Å². The Bertz CT molecular complexity index is 1630. The molecule has 0 spiro atoms. The van der Waals surface area contributed by atoms with Crippen LogP contribution in [0.25, 0.3) is 28.2 Å². The van der Waals surface area contributed by atoms with Crippen molar-refractivity contribution >= 4 is 51.8 Å². The van der Waals surface area contributed by atoms with E-state index in [0.29, 0.717) is 38.5 Å². The van der Waals surface area contributed by atoms with Gasteiger partial charge in [-0.15, -0.1) is 0 Å². The molecule has 2 aliphatic rings. The molecule has 1 saturated heterocycles. The fraction of sp³-hybridized carbons (Fsp3) is 0.310. The highest BCUT2D eigenvalue weighted by Gasteiger charge is 2.33. The largest absolute Gasteiger partial charge is 0.477 e. The van der Waals surface area contributed by atoms with Crippen LogP contribution in [0.5, 0.6) is 5.75 Å². The van der Waals surface area contributed by atoms with Gasteiger partial charge in [-0.2, -0.15) is 8.78 Å². The van der Waals surface area contributed by atoms with Crippen molar-refractivity contribution in [2.45, 2.75) is 38.2 Å². The lowest BCUT2D eigenvalue weighted by Crippen LogP contribution is -2.33. The number of fused-ring (bicyclic) bond motifs is 1. The maximum Gasteiger partial charge on any atom is 0.387 e. The summed E-state index contributed by atoms with van der Waals surface area (Å²) in [4.78, 5) is 21.7. The minimum absolute atomic E-state index is 0.215. The van der Waals surface area contributed by atoms with Crippen molar-refractivity contribution < 1.29 is 27.9 Å². The Morgan fingerprint density at radius 1 is 1.12 bits per heavy atom. The van der Waals surface area contributed by atoms with E-state index in [1.165, 1.54) is 12.4 Å². The minimum atomic E-state index is -3.09. The Kier molecular flexibility index (Phi) is 7.52. The second-order valence-electron chi connectivity index (χ2n) is 10.1. The first kappa shape index (κ1) is 27.4. The lowest BCUT2D eigenvalue weighted by molar-refractivity contribution is -0.0489. The van der Waals surface area contributed by atoms with Gasteiger partial charge < -0.3 is 19.3 Å². The lowest BCUT2D eigenvalue weighted by Gasteiger charge is -2.32. The number of hydrogen-bond acceptors (Lipinski definition) is 7. The summed E-state index contributed by atoms with van der Waals surface area (Å²) in [6.07, 6.45) is 11.1. The zero-order valence-electron chi connectivity index (χ0n) is 21.6. The quantitative estimate of drug-likeness (QED) is 0.219. The zero-order chi connectivity index (χ0) is 28.7. The van der Waals surface area contributed by atoms with Crippen molar-refractivity contribution in [3.05, 3.63) is 69.8 Å². The van der Waals surface area contributed by atoms with Crippen molar-refractivity contribution in [1.82, 2.24) is 15.1 Å². The number of pyridine rings is 2. The highest BCUT2D eigenvalue weighted by molar-refractivity contribution is 6.39. The summed E-state index contributed by atoms with van der Waals surface area (Å²) in [5, 5.41) is 14.8. The molecule has 4 aromatic rings. The molecule has 1 aliphatic carbocycles. The number of halogens is 4. The third-order valence-electron chi connectivity index (χ3n) is 7.42. The summed E-state index contributed by atoms with van der Waals surface area (Å²) in [5.74, 6) is -0.0602. The van der Waals surface area contributed by atoms with Gasteiger partial charge in [0.1, 0.15) is 17.2 Å². The van der Waals surface area contributed by atoms with Crippen LogP contribution >= 0.6 is 23.2 Å². The van der Waals surface area contributed by atoms with E-state index < -0.39 is 12.6 Å². The fourth-order valence-electron chi connectivity index (χ4n) is 5.19. The maximum atomic E-state index is 13.1. The summed E-state index contributed by atoms with van der Waals surface area (Å²) in [5.41, 5.74) is 2.83. The normalized spacial score (nSPS) is 16.3. The monoisotopic (exact) mass is 600 g/mol. The molecule has 0 unspecified atom stereocenters. The van der Waals surface area contributed by atoms with Crippen molar-refractivity contribution in [3.63, 3.8) is 0 Å². The summed E-state index contributed by atoms with van der Waals surface area (Å²) >= 11 is 12.8. The van der Waals surface area contributed by atoms with Crippen LogP contribution < -0.4 is 9.64 Å². The number of rotatable bonds is 8. The first-order chi connectivity index (χ1) is 19.8. The summed E-state index contributed by atoms with van der Waals surface area (Å²) < 4.78 is 36.5. The molecular formula is C29H24Cl2F2N4O4. The number of aromatic nitrogens is 3. The van der Waals surface area contributed by atoms with E-state index in [1.807, 2.05) is 6.07 Å². The van der Waals surface area contributed by atoms with E-state index in [9.17, 15) is 18.7 Å². The van der Waals surface area contributed by atoms with Crippen molar-refractivity contribution in [2.75, 3.05) is 18.0 Å². The first-order valence-electron chi connectivity index (χ1n) is 13.1. The van der Waals surface area contributed by atoms with Gasteiger partial charge in [0.2, 0.25) is 0 Å². The first-order valence-corrected chi connectivity index (χ1v) is 13.9. The number of carboxylic acids is 1. The number of hydrogen-bond donors (Lipinski definition) is 1. The predicted molar refractivity (Wildman–Crippen MR) is 151 cm³/mol. The van der Waals surface area contributed by atoms with E-state index in [4.69, 9.17) is 27.7 Å². The predicted octanol–water partition coefficient (Wildman–Crippen LogP) is 7.70. The molecular weight excluding hydrogens is 577 g/mol. The molecule has 2 fully saturated rings. The molecule has 8 nitrogen and oxygen atoms in total. The third kappa shape index (κ3) is 5.71. The molecule has 0 atom stereocenters. The van der Waals surface area contributed by atoms with Gasteiger partial charge in [0.25, 0.3) is 0 Å². The number of piperidine rings is 1. The molecule has 0 radical (unpaired) electrons. The highest BCUT2D eigenvalue weighted by atomic mass is 35.5. The van der Waals surface area contributed by atoms with Crippen LogP contribution in [-0.4, -0.2) is 45.9 Å². The molecule has 3 aromatic heterocycles. The van der Waals surface area contributed by atoms with Gasteiger partial charge in [-0.25, -0.2) is 9.78 Å². The molecule has 4 heterocycles. The molecule has 212 valence electrons. The minimum Gasteiger partial charge on any atom is -0.477 e. The van der Waals surface area contributed by atoms with E-state index in [-0.39, 0.29) is 17.0 Å². The lowest BCUT2D eigenvalue weighted by atomic mass is 9.94. The Morgan fingerprint density at radius 3 is 2.51 bits per heavy atom. The van der Waals surface area contributed by atoms with Gasteiger partial charge in [0, 0.05) is 59.7 Å². The zero-order valence-corrected chi connectivity index (χ0v) is 23.1. The SMILES string of the molecule is O=C(O)c1cc(OC(F)F)c2cc(N3CCC(C=Cc4c(-c5c(Cl)cncc5Cl)noc4C4CC4)CC3)ccc2n1. The van der Waals surface area contributed by atoms with Gasteiger partial charge in [0.15, 0.2) is 5.69 Å². The summed E-state index contributed by atoms with van der Waals surface area (Å²) in [6, 6.07) is 6.19. The standard InChI is InChI=1S/C29H24Cl2F2N4O4/c30-20-13-34-14-21(31)25(20)26-18(27(41-36-26)16-2-3-16)5-1-15-7-9-37(10-8-15)17-4-6-22-19(11-17)24(40-29(32)33)12-23(35-22)28(38)39/h1,4-6,11-16,29H,2-3,7-10H2,(H,38,39). The highest BCUT2D eigenvalue weighted by Crippen LogP contribution is 2.46. The summed E-state index contributed by atoms with van der Waals surface area (Å²) in [7, 11) is 0. The molecule has 0 bridgehead atoms. The van der Waals surface area contributed by atoms with E-state index >= 15 is 0 Å². The third-order valence-corrected chi connectivity index (χ3v) is 8.00. The van der Waals surface area contributed by atoms with Crippen molar-refractivity contribution in [2.24, 2.45) is 5.92 Å². The van der Waals surface area contributed by atoms with E-state index in [1.54, 1.807) is 12.1 Å². The van der Waals surface area contributed by atoms with E-state index in [0.717, 1.165) is 61.9 Å². The maximum absolute atomic E-state index is 13.1. The summed E-state index contributed by atoms with van der Waals surface area (Å²) in [6.45, 7) is -1.62. The number of anilines is 1. The Hall–Kier alpha value is -3.76. The van der Waals surface area contributed by atoms with Gasteiger partial charge in [-0.05, 0) is 49.8 Å². The molecule has 1 aliphatic heterocycles. The number of ether oxygens (including phenoxy) is 1. The molecule has 1 N–H and O–H groups in total. The number of allylic oxidation sites excluding steroid dienone is 1. The number of alkyl halides is 2. The van der Waals surface area contributed by atoms with Gasteiger partial charge in [-0.1, -0.05) is 40.5 Å². The van der Waals surface area contributed by atoms with Gasteiger partial charge >= 0.3 is 12.6 Å². The van der Waals surface area contributed by atoms with Crippen molar-refractivity contribution in [1.29, 1.82) is 0 Å². The van der Waals surface area contributed by atoms with Gasteiger partial charge in [-0.3, -0.25) is 4.98 Å². The number of aromatic carboxylic acids is 1. The average Bonchev–Trinajstić information content (AvgIpc) is 3.71. The van der Waals surface area contributed by atoms with Gasteiger partial charge in [0.05, 0.1) is 15.6 Å². The van der Waals surface area contributed by atoms with Crippen molar-refractivity contribution in [3.8, 4) is 17.0 Å². The Balaban J connectivity index is 1.21.